The predicted molar refractivity (Wildman–Crippen MR) is 103 cm³/mol. The van der Waals surface area contributed by atoms with Gasteiger partial charge in [-0.2, -0.15) is 18.3 Å². The number of phenols is 1. The summed E-state index contributed by atoms with van der Waals surface area (Å²) < 4.78 is 40.4. The quantitative estimate of drug-likeness (QED) is 0.577. The molecular formula is C20H17ClF3N3O2. The number of aromatic hydroxyl groups is 1. The van der Waals surface area contributed by atoms with E-state index in [0.29, 0.717) is 22.0 Å². The van der Waals surface area contributed by atoms with Crippen LogP contribution in [0.3, 0.4) is 0 Å². The minimum atomic E-state index is -4.46. The second kappa shape index (κ2) is 7.79. The minimum absolute atomic E-state index is 0.0669. The number of carbonyl (C=O) groups is 1. The topological polar surface area (TPSA) is 67.2 Å². The first kappa shape index (κ1) is 20.7. The second-order valence-corrected chi connectivity index (χ2v) is 6.93. The molecule has 9 heteroatoms. The highest BCUT2D eigenvalue weighted by atomic mass is 35.5. The molecule has 0 aliphatic heterocycles. The fraction of sp³-hybridized carbons (Fsp3) is 0.200. The van der Waals surface area contributed by atoms with Crippen LogP contribution in [0.2, 0.25) is 5.02 Å². The van der Waals surface area contributed by atoms with Crippen molar-refractivity contribution in [1.82, 2.24) is 9.78 Å². The van der Waals surface area contributed by atoms with Crippen molar-refractivity contribution >= 4 is 23.2 Å². The van der Waals surface area contributed by atoms with Gasteiger partial charge in [-0.3, -0.25) is 4.79 Å². The van der Waals surface area contributed by atoms with E-state index < -0.39 is 17.6 Å². The van der Waals surface area contributed by atoms with E-state index in [4.69, 9.17) is 11.6 Å². The highest BCUT2D eigenvalue weighted by Gasteiger charge is 2.30. The number of aromatic nitrogens is 2. The molecule has 0 unspecified atom stereocenters. The molecular weight excluding hydrogens is 407 g/mol. The van der Waals surface area contributed by atoms with Gasteiger partial charge in [-0.15, -0.1) is 0 Å². The zero-order valence-electron chi connectivity index (χ0n) is 15.5. The smallest absolute Gasteiger partial charge is 0.416 e. The Labute approximate surface area is 169 Å². The van der Waals surface area contributed by atoms with Crippen molar-refractivity contribution in [3.8, 4) is 11.4 Å². The molecule has 1 heterocycles. The number of hydrogen-bond donors (Lipinski definition) is 2. The van der Waals surface area contributed by atoms with Crippen molar-refractivity contribution in [2.45, 2.75) is 26.4 Å². The Hall–Kier alpha value is -3.00. The third-order valence-corrected chi connectivity index (χ3v) is 4.66. The maximum atomic E-state index is 13.0. The van der Waals surface area contributed by atoms with Gasteiger partial charge in [0, 0.05) is 16.3 Å². The first-order chi connectivity index (χ1) is 13.6. The zero-order chi connectivity index (χ0) is 21.3. The molecule has 0 saturated carbocycles. The summed E-state index contributed by atoms with van der Waals surface area (Å²) in [6, 6.07) is 9.08. The largest absolute Gasteiger partial charge is 0.506 e. The Balaban J connectivity index is 1.86. The molecule has 3 aromatic rings. The van der Waals surface area contributed by atoms with Crippen LogP contribution in [0.15, 0.2) is 42.5 Å². The third kappa shape index (κ3) is 4.54. The number of phenolic OH excluding ortho intramolecular Hbond substituents is 1. The fourth-order valence-electron chi connectivity index (χ4n) is 2.96. The summed E-state index contributed by atoms with van der Waals surface area (Å²) in [5, 5.41) is 17.0. The Bertz CT molecular complexity index is 1080. The van der Waals surface area contributed by atoms with E-state index in [1.165, 1.54) is 35.0 Å². The number of alkyl halides is 3. The molecule has 0 radical (unpaired) electrons. The molecule has 0 bridgehead atoms. The number of halogens is 4. The third-order valence-electron chi connectivity index (χ3n) is 4.43. The standard InChI is InChI=1S/C20H17ClF3N3O2/c1-11-16(10-19(29)25-17-9-14(21)6-7-18(17)28)12(2)27(26-11)15-5-3-4-13(8-15)20(22,23)24/h3-9,28H,10H2,1-2H3,(H,25,29). The van der Waals surface area contributed by atoms with Crippen LogP contribution in [0.25, 0.3) is 5.69 Å². The molecule has 0 atom stereocenters. The van der Waals surface area contributed by atoms with Gasteiger partial charge in [0.25, 0.3) is 0 Å². The lowest BCUT2D eigenvalue weighted by Crippen LogP contribution is -2.15. The van der Waals surface area contributed by atoms with Crippen molar-refractivity contribution in [2.75, 3.05) is 5.32 Å². The molecule has 2 N–H and O–H groups in total. The molecule has 3 rings (SSSR count). The monoisotopic (exact) mass is 423 g/mol. The van der Waals surface area contributed by atoms with Crippen molar-refractivity contribution < 1.29 is 23.1 Å². The minimum Gasteiger partial charge on any atom is -0.506 e. The number of hydrogen-bond acceptors (Lipinski definition) is 3. The predicted octanol–water partition coefficient (Wildman–Crippen LogP) is 5.05. The molecule has 1 amide bonds. The van der Waals surface area contributed by atoms with Gasteiger partial charge in [0.15, 0.2) is 0 Å². The highest BCUT2D eigenvalue weighted by molar-refractivity contribution is 6.31. The number of nitrogens with one attached hydrogen (secondary N) is 1. The summed E-state index contributed by atoms with van der Waals surface area (Å²) in [6.07, 6.45) is -4.53. The van der Waals surface area contributed by atoms with Gasteiger partial charge in [-0.1, -0.05) is 17.7 Å². The van der Waals surface area contributed by atoms with Crippen LogP contribution in [-0.4, -0.2) is 20.8 Å². The first-order valence-electron chi connectivity index (χ1n) is 8.57. The Morgan fingerprint density at radius 2 is 1.93 bits per heavy atom. The molecule has 1 aromatic heterocycles. The van der Waals surface area contributed by atoms with Crippen LogP contribution in [0.1, 0.15) is 22.5 Å². The van der Waals surface area contributed by atoms with Crippen molar-refractivity contribution in [2.24, 2.45) is 0 Å². The number of rotatable bonds is 4. The molecule has 5 nitrogen and oxygen atoms in total. The van der Waals surface area contributed by atoms with Crippen LogP contribution < -0.4 is 5.32 Å². The maximum absolute atomic E-state index is 13.0. The molecule has 2 aromatic carbocycles. The van der Waals surface area contributed by atoms with Crippen LogP contribution in [0, 0.1) is 13.8 Å². The normalized spacial score (nSPS) is 11.5. The molecule has 152 valence electrons. The zero-order valence-corrected chi connectivity index (χ0v) is 16.3. The first-order valence-corrected chi connectivity index (χ1v) is 8.95. The van der Waals surface area contributed by atoms with Crippen LogP contribution in [0.5, 0.6) is 5.75 Å². The molecule has 0 spiro atoms. The average molecular weight is 424 g/mol. The van der Waals surface area contributed by atoms with E-state index >= 15 is 0 Å². The lowest BCUT2D eigenvalue weighted by atomic mass is 10.1. The van der Waals surface area contributed by atoms with Gasteiger partial charge in [0.2, 0.25) is 5.91 Å². The van der Waals surface area contributed by atoms with Gasteiger partial charge in [0.05, 0.1) is 29.1 Å². The van der Waals surface area contributed by atoms with Gasteiger partial charge in [-0.05, 0) is 50.2 Å². The molecule has 0 saturated heterocycles. The number of amides is 1. The number of anilines is 1. The van der Waals surface area contributed by atoms with E-state index in [-0.39, 0.29) is 23.5 Å². The van der Waals surface area contributed by atoms with E-state index in [1.54, 1.807) is 13.8 Å². The summed E-state index contributed by atoms with van der Waals surface area (Å²) in [7, 11) is 0. The van der Waals surface area contributed by atoms with Crippen LogP contribution in [0.4, 0.5) is 18.9 Å². The van der Waals surface area contributed by atoms with Gasteiger partial charge < -0.3 is 10.4 Å². The number of benzene rings is 2. The highest BCUT2D eigenvalue weighted by Crippen LogP contribution is 2.31. The Kier molecular flexibility index (Phi) is 5.57. The molecule has 0 aliphatic rings. The SMILES string of the molecule is Cc1nn(-c2cccc(C(F)(F)F)c2)c(C)c1CC(=O)Nc1cc(Cl)ccc1O. The molecule has 0 aliphatic carbocycles. The fourth-order valence-corrected chi connectivity index (χ4v) is 3.13. The summed E-state index contributed by atoms with van der Waals surface area (Å²) in [5.41, 5.74) is 1.29. The maximum Gasteiger partial charge on any atom is 0.416 e. The van der Waals surface area contributed by atoms with E-state index in [2.05, 4.69) is 10.4 Å². The van der Waals surface area contributed by atoms with Crippen molar-refractivity contribution in [1.29, 1.82) is 0 Å². The van der Waals surface area contributed by atoms with Crippen LogP contribution >= 0.6 is 11.6 Å². The molecule has 29 heavy (non-hydrogen) atoms. The van der Waals surface area contributed by atoms with Crippen molar-refractivity contribution in [3.05, 3.63) is 70.0 Å². The Morgan fingerprint density at radius 1 is 1.21 bits per heavy atom. The van der Waals surface area contributed by atoms with Gasteiger partial charge in [0.1, 0.15) is 5.75 Å². The number of nitrogens with zero attached hydrogens (tertiary/aromatic N) is 2. The van der Waals surface area contributed by atoms with Gasteiger partial charge in [-0.25, -0.2) is 4.68 Å². The number of aryl methyl sites for hydroxylation is 1. The van der Waals surface area contributed by atoms with Crippen LogP contribution in [-0.2, 0) is 17.4 Å². The second-order valence-electron chi connectivity index (χ2n) is 6.50. The summed E-state index contributed by atoms with van der Waals surface area (Å²) in [6.45, 7) is 3.36. The van der Waals surface area contributed by atoms with Crippen molar-refractivity contribution in [3.63, 3.8) is 0 Å². The summed E-state index contributed by atoms with van der Waals surface area (Å²) >= 11 is 5.87. The number of carbonyl (C=O) groups excluding carboxylic acids is 1. The van der Waals surface area contributed by atoms with E-state index in [9.17, 15) is 23.1 Å². The summed E-state index contributed by atoms with van der Waals surface area (Å²) in [4.78, 5) is 12.4. The Morgan fingerprint density at radius 3 is 2.62 bits per heavy atom. The van der Waals surface area contributed by atoms with Gasteiger partial charge >= 0.3 is 6.18 Å². The molecule has 0 fully saturated rings. The average Bonchev–Trinajstić information content (AvgIpc) is 2.92. The summed E-state index contributed by atoms with van der Waals surface area (Å²) in [5.74, 6) is -0.548. The lowest BCUT2D eigenvalue weighted by Gasteiger charge is -2.10. The lowest BCUT2D eigenvalue weighted by molar-refractivity contribution is -0.137. The van der Waals surface area contributed by atoms with E-state index in [1.807, 2.05) is 0 Å². The van der Waals surface area contributed by atoms with E-state index in [0.717, 1.165) is 12.1 Å².